The third kappa shape index (κ3) is 4.21. The van der Waals surface area contributed by atoms with Crippen LogP contribution >= 0.6 is 34.8 Å². The minimum absolute atomic E-state index is 0.0415. The molecule has 2 heterocycles. The van der Waals surface area contributed by atoms with Gasteiger partial charge in [0, 0.05) is 35.1 Å². The van der Waals surface area contributed by atoms with E-state index in [2.05, 4.69) is 17.1 Å². The normalized spacial score (nSPS) is 22.3. The number of fused-ring (bicyclic) bond motifs is 4. The summed E-state index contributed by atoms with van der Waals surface area (Å²) in [6.07, 6.45) is 1.54. The van der Waals surface area contributed by atoms with Crippen LogP contribution in [0.1, 0.15) is 23.2 Å². The number of rotatable bonds is 3. The maximum absolute atomic E-state index is 14.8. The number of piperidine rings is 1. The number of H-pyrrole nitrogens is 1. The number of amides is 1. The van der Waals surface area contributed by atoms with E-state index in [1.54, 1.807) is 18.1 Å². The topological polar surface area (TPSA) is 54.6 Å². The van der Waals surface area contributed by atoms with Crippen LogP contribution < -0.4 is 4.74 Å². The second-order valence-electron chi connectivity index (χ2n) is 9.08. The second-order valence-corrected chi connectivity index (χ2v) is 11.6. The van der Waals surface area contributed by atoms with Crippen LogP contribution in [0.5, 0.6) is 5.75 Å². The number of aromatic nitrogens is 1. The van der Waals surface area contributed by atoms with E-state index < -0.39 is 9.89 Å². The quantitative estimate of drug-likeness (QED) is 0.415. The van der Waals surface area contributed by atoms with Gasteiger partial charge in [0.15, 0.2) is 0 Å². The first-order chi connectivity index (χ1) is 16.2. The predicted molar refractivity (Wildman–Crippen MR) is 132 cm³/mol. The van der Waals surface area contributed by atoms with Crippen molar-refractivity contribution in [2.75, 3.05) is 26.8 Å². The molecule has 34 heavy (non-hydrogen) atoms. The van der Waals surface area contributed by atoms with Gasteiger partial charge in [0.25, 0.3) is 0 Å². The summed E-state index contributed by atoms with van der Waals surface area (Å²) in [5.41, 5.74) is 3.73. The molecule has 0 radical (unpaired) electrons. The number of nitrogens with zero attached hydrogens (tertiary/aromatic N) is 1. The number of hydrogen-bond acceptors (Lipinski definition) is 3. The molecule has 5 rings (SSSR count). The van der Waals surface area contributed by atoms with E-state index in [1.807, 2.05) is 18.2 Å². The molecule has 5 nitrogen and oxygen atoms in total. The highest BCUT2D eigenvalue weighted by atomic mass is 35.6. The largest absolute Gasteiger partial charge is 0.497 e. The summed E-state index contributed by atoms with van der Waals surface area (Å²) in [7, 11) is 1.65. The van der Waals surface area contributed by atoms with Gasteiger partial charge in [-0.05, 0) is 60.6 Å². The molecule has 1 aliphatic carbocycles. The molecule has 180 valence electrons. The second kappa shape index (κ2) is 8.81. The van der Waals surface area contributed by atoms with Gasteiger partial charge >= 0.3 is 6.09 Å². The Kier molecular flexibility index (Phi) is 6.11. The van der Waals surface area contributed by atoms with Crippen LogP contribution in [0.25, 0.3) is 10.9 Å². The number of aromatic amines is 1. The number of ether oxygens (including phenoxy) is 2. The van der Waals surface area contributed by atoms with Crippen molar-refractivity contribution in [1.82, 2.24) is 9.88 Å². The van der Waals surface area contributed by atoms with Crippen molar-refractivity contribution in [2.45, 2.75) is 28.5 Å². The molecule has 1 aromatic heterocycles. The fourth-order valence-electron chi connectivity index (χ4n) is 5.64. The first-order valence-electron chi connectivity index (χ1n) is 11.1. The first kappa shape index (κ1) is 23.6. The number of methoxy groups -OCH3 is 1. The zero-order valence-corrected chi connectivity index (χ0v) is 20.8. The van der Waals surface area contributed by atoms with Gasteiger partial charge in [0.05, 0.1) is 7.11 Å². The Balaban J connectivity index is 1.53. The molecule has 1 N–H and O–H groups in total. The monoisotopic (exact) mass is 524 g/mol. The molecule has 0 bridgehead atoms. The number of hydrogen-bond donors (Lipinski definition) is 1. The molecule has 2 unspecified atom stereocenters. The van der Waals surface area contributed by atoms with E-state index in [-0.39, 0.29) is 23.8 Å². The molecule has 0 saturated carbocycles. The average molecular weight is 526 g/mol. The molecule has 2 atom stereocenters. The number of carbonyl (C=O) groups is 1. The van der Waals surface area contributed by atoms with Gasteiger partial charge in [-0.15, -0.1) is 0 Å². The Morgan fingerprint density at radius 1 is 1.26 bits per heavy atom. The van der Waals surface area contributed by atoms with Crippen LogP contribution in [0, 0.1) is 11.7 Å². The summed E-state index contributed by atoms with van der Waals surface area (Å²) in [5, 5.41) is 0.632. The zero-order valence-electron chi connectivity index (χ0n) is 18.5. The van der Waals surface area contributed by atoms with Gasteiger partial charge in [0.1, 0.15) is 18.2 Å². The zero-order chi connectivity index (χ0) is 24.1. The summed E-state index contributed by atoms with van der Waals surface area (Å²) in [5.74, 6) is 0.585. The van der Waals surface area contributed by atoms with Crippen LogP contribution in [0.4, 0.5) is 9.18 Å². The van der Waals surface area contributed by atoms with Gasteiger partial charge in [-0.25, -0.2) is 9.18 Å². The smallest absolute Gasteiger partial charge is 0.409 e. The number of benzene rings is 2. The summed E-state index contributed by atoms with van der Waals surface area (Å²) in [4.78, 5) is 17.9. The summed E-state index contributed by atoms with van der Waals surface area (Å²) in [6.45, 7) is 0.628. The summed E-state index contributed by atoms with van der Waals surface area (Å²) >= 11 is 17.3. The lowest BCUT2D eigenvalue weighted by atomic mass is 9.59. The highest BCUT2D eigenvalue weighted by Gasteiger charge is 2.49. The van der Waals surface area contributed by atoms with Crippen LogP contribution in [-0.4, -0.2) is 46.6 Å². The van der Waals surface area contributed by atoms with Gasteiger partial charge in [-0.3, -0.25) is 0 Å². The van der Waals surface area contributed by atoms with Gasteiger partial charge in [-0.1, -0.05) is 53.0 Å². The van der Waals surface area contributed by atoms with E-state index in [4.69, 9.17) is 44.3 Å². The van der Waals surface area contributed by atoms with Crippen molar-refractivity contribution >= 4 is 51.8 Å². The van der Waals surface area contributed by atoms with E-state index in [0.717, 1.165) is 28.1 Å². The van der Waals surface area contributed by atoms with Crippen LogP contribution in [0.3, 0.4) is 0 Å². The summed E-state index contributed by atoms with van der Waals surface area (Å²) in [6, 6.07) is 13.2. The standard InChI is InChI=1S/C25H24Cl3FN2O3/c1-33-17-5-2-4-15(10-17)24-8-9-31(23(32)34-14-25(26,27)28)13-16(24)11-18-21(12-24)30-20-7-3-6-19(29)22(18)20/h2-7,10,16,30H,8-9,11-14H2,1H3. The van der Waals surface area contributed by atoms with Crippen molar-refractivity contribution in [3.63, 3.8) is 0 Å². The number of carbonyl (C=O) groups excluding carboxylic acids is 1. The van der Waals surface area contributed by atoms with Crippen molar-refractivity contribution in [3.05, 3.63) is 65.1 Å². The number of alkyl halides is 3. The molecule has 9 heteroatoms. The Hall–Kier alpha value is -2.15. The first-order valence-corrected chi connectivity index (χ1v) is 12.2. The number of likely N-dealkylation sites (tertiary alicyclic amines) is 1. The van der Waals surface area contributed by atoms with Gasteiger partial charge < -0.3 is 19.4 Å². The lowest BCUT2D eigenvalue weighted by Crippen LogP contribution is -2.55. The van der Waals surface area contributed by atoms with E-state index in [0.29, 0.717) is 37.7 Å². The molecular formula is C25H24Cl3FN2O3. The Morgan fingerprint density at radius 3 is 2.82 bits per heavy atom. The molecule has 2 aliphatic rings. The lowest BCUT2D eigenvalue weighted by Gasteiger charge is -2.50. The predicted octanol–water partition coefficient (Wildman–Crippen LogP) is 6.18. The fourth-order valence-corrected chi connectivity index (χ4v) is 5.80. The van der Waals surface area contributed by atoms with Gasteiger partial charge in [0.2, 0.25) is 3.79 Å². The van der Waals surface area contributed by atoms with Crippen molar-refractivity contribution in [3.8, 4) is 5.75 Å². The molecule has 0 spiro atoms. The van der Waals surface area contributed by atoms with Crippen LogP contribution in [-0.2, 0) is 23.0 Å². The lowest BCUT2D eigenvalue weighted by molar-refractivity contribution is 0.0539. The molecule has 1 fully saturated rings. The highest BCUT2D eigenvalue weighted by molar-refractivity contribution is 6.67. The molecular weight excluding hydrogens is 502 g/mol. The Morgan fingerprint density at radius 2 is 2.06 bits per heavy atom. The molecule has 1 amide bonds. The van der Waals surface area contributed by atoms with Crippen LogP contribution in [0.2, 0.25) is 0 Å². The third-order valence-electron chi connectivity index (χ3n) is 7.22. The SMILES string of the molecule is COc1cccc(C23CCN(C(=O)OCC(Cl)(Cl)Cl)CC2Cc2c([nH]c4cccc(F)c24)C3)c1. The number of halogens is 4. The van der Waals surface area contributed by atoms with Gasteiger partial charge in [-0.2, -0.15) is 0 Å². The maximum atomic E-state index is 14.8. The molecule has 3 aromatic rings. The van der Waals surface area contributed by atoms with E-state index in [1.165, 1.54) is 6.07 Å². The van der Waals surface area contributed by atoms with E-state index >= 15 is 0 Å². The maximum Gasteiger partial charge on any atom is 0.409 e. The molecule has 1 saturated heterocycles. The van der Waals surface area contributed by atoms with Crippen molar-refractivity contribution in [1.29, 1.82) is 0 Å². The Bertz CT molecular complexity index is 1240. The molecule has 2 aromatic carbocycles. The minimum atomic E-state index is -1.67. The molecule has 1 aliphatic heterocycles. The average Bonchev–Trinajstić information content (AvgIpc) is 3.18. The highest BCUT2D eigenvalue weighted by Crippen LogP contribution is 2.50. The number of nitrogens with one attached hydrogen (secondary N) is 1. The Labute approximate surface area is 212 Å². The van der Waals surface area contributed by atoms with Crippen molar-refractivity contribution < 1.29 is 18.7 Å². The van der Waals surface area contributed by atoms with E-state index in [9.17, 15) is 9.18 Å². The fraction of sp³-hybridized carbons (Fsp3) is 0.400. The third-order valence-corrected chi connectivity index (χ3v) is 7.55. The minimum Gasteiger partial charge on any atom is -0.497 e. The van der Waals surface area contributed by atoms with Crippen LogP contribution in [0.15, 0.2) is 42.5 Å². The summed E-state index contributed by atoms with van der Waals surface area (Å²) < 4.78 is 23.9. The van der Waals surface area contributed by atoms with Crippen molar-refractivity contribution in [2.24, 2.45) is 5.92 Å².